The van der Waals surface area contributed by atoms with E-state index < -0.39 is 15.9 Å². The van der Waals surface area contributed by atoms with Crippen LogP contribution < -0.4 is 10.1 Å². The molecule has 1 aliphatic rings. The fourth-order valence-electron chi connectivity index (χ4n) is 3.12. The van der Waals surface area contributed by atoms with E-state index in [4.69, 9.17) is 27.9 Å². The highest BCUT2D eigenvalue weighted by molar-refractivity contribution is 7.89. The van der Waals surface area contributed by atoms with Gasteiger partial charge in [-0.15, -0.1) is 0 Å². The number of hydrogen-bond acceptors (Lipinski definition) is 4. The van der Waals surface area contributed by atoms with Crippen molar-refractivity contribution in [2.24, 2.45) is 5.92 Å². The highest BCUT2D eigenvalue weighted by Gasteiger charge is 2.33. The quantitative estimate of drug-likeness (QED) is 0.757. The molecule has 9 heteroatoms. The van der Waals surface area contributed by atoms with Crippen molar-refractivity contribution in [1.82, 2.24) is 4.31 Å². The molecule has 0 aromatic heterocycles. The molecule has 1 N–H and O–H groups in total. The Morgan fingerprint density at radius 2 is 1.89 bits per heavy atom. The lowest BCUT2D eigenvalue weighted by molar-refractivity contribution is -0.120. The van der Waals surface area contributed by atoms with E-state index in [0.717, 1.165) is 0 Å². The molecule has 6 nitrogen and oxygen atoms in total. The topological polar surface area (TPSA) is 75.7 Å². The number of anilines is 1. The maximum absolute atomic E-state index is 12.9. The van der Waals surface area contributed by atoms with E-state index in [-0.39, 0.29) is 17.3 Å². The zero-order valence-electron chi connectivity index (χ0n) is 15.2. The van der Waals surface area contributed by atoms with E-state index in [1.54, 1.807) is 18.2 Å². The molecule has 1 fully saturated rings. The van der Waals surface area contributed by atoms with Gasteiger partial charge in [0.2, 0.25) is 15.9 Å². The van der Waals surface area contributed by atoms with Crippen LogP contribution >= 0.6 is 23.2 Å². The minimum atomic E-state index is -3.68. The van der Waals surface area contributed by atoms with Crippen LogP contribution in [0, 0.1) is 5.92 Å². The number of ether oxygens (including phenoxy) is 1. The van der Waals surface area contributed by atoms with Gasteiger partial charge in [0.15, 0.2) is 0 Å². The standard InChI is InChI=1S/C19H20Cl2N2O4S/c1-27-18-9-6-15(11-17(18)21)22-19(24)13-3-2-10-23(12-13)28(25,26)16-7-4-14(20)5-8-16/h4-9,11,13H,2-3,10,12H2,1H3,(H,22,24). The smallest absolute Gasteiger partial charge is 0.243 e. The molecule has 1 aliphatic heterocycles. The summed E-state index contributed by atoms with van der Waals surface area (Å²) in [5, 5.41) is 3.66. The van der Waals surface area contributed by atoms with Crippen LogP contribution in [0.3, 0.4) is 0 Å². The zero-order valence-corrected chi connectivity index (χ0v) is 17.5. The third kappa shape index (κ3) is 4.60. The number of halogens is 2. The summed E-state index contributed by atoms with van der Waals surface area (Å²) in [6, 6.07) is 11.0. The second kappa shape index (κ2) is 8.69. The lowest BCUT2D eigenvalue weighted by Gasteiger charge is -2.31. The molecular weight excluding hydrogens is 423 g/mol. The molecule has 1 atom stereocenters. The van der Waals surface area contributed by atoms with Crippen LogP contribution in [0.1, 0.15) is 12.8 Å². The maximum Gasteiger partial charge on any atom is 0.243 e. The molecular formula is C19H20Cl2N2O4S. The Kier molecular flexibility index (Phi) is 6.50. The molecule has 0 radical (unpaired) electrons. The highest BCUT2D eigenvalue weighted by Crippen LogP contribution is 2.29. The molecule has 28 heavy (non-hydrogen) atoms. The van der Waals surface area contributed by atoms with Gasteiger partial charge in [-0.1, -0.05) is 23.2 Å². The maximum atomic E-state index is 12.9. The van der Waals surface area contributed by atoms with Crippen LogP contribution in [0.25, 0.3) is 0 Å². The second-order valence-electron chi connectivity index (χ2n) is 6.49. The first-order chi connectivity index (χ1) is 13.3. The number of benzene rings is 2. The number of methoxy groups -OCH3 is 1. The van der Waals surface area contributed by atoms with Crippen molar-refractivity contribution >= 4 is 44.8 Å². The number of nitrogens with one attached hydrogen (secondary N) is 1. The third-order valence-electron chi connectivity index (χ3n) is 4.63. The third-order valence-corrected chi connectivity index (χ3v) is 7.05. The molecule has 1 saturated heterocycles. The van der Waals surface area contributed by atoms with Gasteiger partial charge in [-0.2, -0.15) is 4.31 Å². The first-order valence-corrected chi connectivity index (χ1v) is 10.9. The summed E-state index contributed by atoms with van der Waals surface area (Å²) < 4.78 is 32.2. The number of rotatable bonds is 5. The Morgan fingerprint density at radius 1 is 1.18 bits per heavy atom. The van der Waals surface area contributed by atoms with Crippen LogP contribution in [0.5, 0.6) is 5.75 Å². The van der Waals surface area contributed by atoms with E-state index in [2.05, 4.69) is 5.32 Å². The number of carbonyl (C=O) groups excluding carboxylic acids is 1. The minimum absolute atomic E-state index is 0.126. The number of amides is 1. The van der Waals surface area contributed by atoms with Crippen LogP contribution in [0.4, 0.5) is 5.69 Å². The highest BCUT2D eigenvalue weighted by atomic mass is 35.5. The predicted octanol–water partition coefficient (Wildman–Crippen LogP) is 4.04. The number of nitrogens with zero attached hydrogens (tertiary/aromatic N) is 1. The summed E-state index contributed by atoms with van der Waals surface area (Å²) in [5.41, 5.74) is 0.536. The molecule has 3 rings (SSSR count). The fraction of sp³-hybridized carbons (Fsp3) is 0.316. The normalized spacial score (nSPS) is 17.9. The number of sulfonamides is 1. The summed E-state index contributed by atoms with van der Waals surface area (Å²) in [5.74, 6) is -0.175. The molecule has 1 unspecified atom stereocenters. The molecule has 0 saturated carbocycles. The number of piperidine rings is 1. The molecule has 2 aromatic carbocycles. The molecule has 150 valence electrons. The molecule has 2 aromatic rings. The lowest BCUT2D eigenvalue weighted by atomic mass is 9.98. The number of carbonyl (C=O) groups is 1. The van der Waals surface area contributed by atoms with Crippen molar-refractivity contribution in [3.8, 4) is 5.75 Å². The predicted molar refractivity (Wildman–Crippen MR) is 110 cm³/mol. The first-order valence-electron chi connectivity index (χ1n) is 8.71. The van der Waals surface area contributed by atoms with Gasteiger partial charge in [0, 0.05) is 23.8 Å². The van der Waals surface area contributed by atoms with Gasteiger partial charge in [0.25, 0.3) is 0 Å². The Hall–Kier alpha value is -1.80. The Labute approximate surface area is 174 Å². The van der Waals surface area contributed by atoms with Gasteiger partial charge < -0.3 is 10.1 Å². The molecule has 0 spiro atoms. The Bertz CT molecular complexity index is 964. The van der Waals surface area contributed by atoms with Crippen LogP contribution in [-0.4, -0.2) is 38.8 Å². The first kappa shape index (κ1) is 20.9. The van der Waals surface area contributed by atoms with Gasteiger partial charge in [0.1, 0.15) is 5.75 Å². The van der Waals surface area contributed by atoms with Crippen molar-refractivity contribution in [2.45, 2.75) is 17.7 Å². The average Bonchev–Trinajstić information content (AvgIpc) is 2.68. The van der Waals surface area contributed by atoms with Crippen molar-refractivity contribution in [2.75, 3.05) is 25.5 Å². The van der Waals surface area contributed by atoms with E-state index in [9.17, 15) is 13.2 Å². The van der Waals surface area contributed by atoms with Crippen LogP contribution in [0.2, 0.25) is 10.0 Å². The lowest BCUT2D eigenvalue weighted by Crippen LogP contribution is -2.43. The summed E-state index contributed by atoms with van der Waals surface area (Å²) in [6.45, 7) is 0.504. The van der Waals surface area contributed by atoms with Crippen molar-refractivity contribution in [3.05, 3.63) is 52.5 Å². The van der Waals surface area contributed by atoms with Crippen molar-refractivity contribution < 1.29 is 17.9 Å². The van der Waals surface area contributed by atoms with Crippen molar-refractivity contribution in [3.63, 3.8) is 0 Å². The SMILES string of the molecule is COc1ccc(NC(=O)C2CCCN(S(=O)(=O)c3ccc(Cl)cc3)C2)cc1Cl. The van der Waals surface area contributed by atoms with Crippen LogP contribution in [-0.2, 0) is 14.8 Å². The van der Waals surface area contributed by atoms with E-state index in [1.807, 2.05) is 0 Å². The van der Waals surface area contributed by atoms with E-state index in [1.165, 1.54) is 35.7 Å². The average molecular weight is 443 g/mol. The van der Waals surface area contributed by atoms with Crippen LogP contribution in [0.15, 0.2) is 47.4 Å². The fourth-order valence-corrected chi connectivity index (χ4v) is 5.03. The van der Waals surface area contributed by atoms with Gasteiger partial charge in [0.05, 0.1) is 22.9 Å². The zero-order chi connectivity index (χ0) is 20.3. The molecule has 1 amide bonds. The number of hydrogen-bond donors (Lipinski definition) is 1. The van der Waals surface area contributed by atoms with Crippen molar-refractivity contribution in [1.29, 1.82) is 0 Å². The molecule has 0 aliphatic carbocycles. The van der Waals surface area contributed by atoms with Gasteiger partial charge in [-0.3, -0.25) is 4.79 Å². The monoisotopic (exact) mass is 442 g/mol. The second-order valence-corrected chi connectivity index (χ2v) is 9.28. The summed E-state index contributed by atoms with van der Waals surface area (Å²) in [6.07, 6.45) is 1.22. The van der Waals surface area contributed by atoms with E-state index >= 15 is 0 Å². The Morgan fingerprint density at radius 3 is 2.54 bits per heavy atom. The largest absolute Gasteiger partial charge is 0.495 e. The summed E-state index contributed by atoms with van der Waals surface area (Å²) in [4.78, 5) is 12.8. The summed E-state index contributed by atoms with van der Waals surface area (Å²) in [7, 11) is -2.17. The summed E-state index contributed by atoms with van der Waals surface area (Å²) >= 11 is 11.9. The van der Waals surface area contributed by atoms with Gasteiger partial charge in [-0.05, 0) is 55.3 Å². The van der Waals surface area contributed by atoms with Gasteiger partial charge in [-0.25, -0.2) is 8.42 Å². The molecule has 1 heterocycles. The molecule has 0 bridgehead atoms. The minimum Gasteiger partial charge on any atom is -0.495 e. The van der Waals surface area contributed by atoms with Gasteiger partial charge >= 0.3 is 0 Å². The van der Waals surface area contributed by atoms with E-state index in [0.29, 0.717) is 40.9 Å². The Balaban J connectivity index is 1.71.